The van der Waals surface area contributed by atoms with E-state index in [9.17, 15) is 4.79 Å². The average molecular weight is 266 g/mol. The van der Waals surface area contributed by atoms with Gasteiger partial charge in [0.2, 0.25) is 0 Å². The van der Waals surface area contributed by atoms with Crippen molar-refractivity contribution in [3.05, 3.63) is 59.7 Å². The van der Waals surface area contributed by atoms with Crippen LogP contribution < -0.4 is 0 Å². The normalized spacial score (nSPS) is 12.2. The zero-order valence-corrected chi connectivity index (χ0v) is 12.5. The minimum Gasteiger partial charge on any atom is -0.295 e. The van der Waals surface area contributed by atoms with Gasteiger partial charge in [0, 0.05) is 5.56 Å². The first-order valence-electron chi connectivity index (χ1n) is 7.30. The van der Waals surface area contributed by atoms with Gasteiger partial charge in [0.1, 0.15) is 0 Å². The molecule has 2 aromatic rings. The van der Waals surface area contributed by atoms with Gasteiger partial charge < -0.3 is 0 Å². The number of benzene rings is 2. The van der Waals surface area contributed by atoms with Crippen molar-refractivity contribution in [3.63, 3.8) is 0 Å². The van der Waals surface area contributed by atoms with E-state index in [0.717, 1.165) is 23.5 Å². The lowest BCUT2D eigenvalue weighted by molar-refractivity contribution is 0.101. The molecule has 0 aliphatic rings. The Hall–Kier alpha value is -1.89. The first kappa shape index (κ1) is 14.5. The number of ketones is 1. The second-order valence-electron chi connectivity index (χ2n) is 5.55. The van der Waals surface area contributed by atoms with Crippen molar-refractivity contribution in [2.45, 2.75) is 33.6 Å². The lowest BCUT2D eigenvalue weighted by Gasteiger charge is -2.09. The largest absolute Gasteiger partial charge is 0.295 e. The van der Waals surface area contributed by atoms with Gasteiger partial charge in [-0.1, -0.05) is 68.8 Å². The summed E-state index contributed by atoms with van der Waals surface area (Å²) < 4.78 is 0. The summed E-state index contributed by atoms with van der Waals surface area (Å²) in [5.41, 5.74) is 4.52. The Morgan fingerprint density at radius 2 is 1.45 bits per heavy atom. The summed E-state index contributed by atoms with van der Waals surface area (Å²) in [4.78, 5) is 11.3. The van der Waals surface area contributed by atoms with Crippen LogP contribution in [0.4, 0.5) is 0 Å². The van der Waals surface area contributed by atoms with Crippen LogP contribution in [0.2, 0.25) is 0 Å². The van der Waals surface area contributed by atoms with Crippen molar-refractivity contribution >= 4 is 5.78 Å². The molecule has 0 radical (unpaired) electrons. The maximum Gasteiger partial charge on any atom is 0.159 e. The molecule has 2 rings (SSSR count). The summed E-state index contributed by atoms with van der Waals surface area (Å²) >= 11 is 0. The third kappa shape index (κ3) is 3.57. The smallest absolute Gasteiger partial charge is 0.159 e. The Balaban J connectivity index is 2.15. The quantitative estimate of drug-likeness (QED) is 0.684. The van der Waals surface area contributed by atoms with Crippen LogP contribution in [-0.4, -0.2) is 5.78 Å². The van der Waals surface area contributed by atoms with Crippen molar-refractivity contribution in [2.24, 2.45) is 5.92 Å². The van der Waals surface area contributed by atoms with Crippen molar-refractivity contribution < 1.29 is 4.79 Å². The van der Waals surface area contributed by atoms with E-state index in [4.69, 9.17) is 0 Å². The van der Waals surface area contributed by atoms with Gasteiger partial charge in [0.25, 0.3) is 0 Å². The van der Waals surface area contributed by atoms with E-state index in [1.54, 1.807) is 6.92 Å². The summed E-state index contributed by atoms with van der Waals surface area (Å²) in [5.74, 6) is 0.844. The highest BCUT2D eigenvalue weighted by Crippen LogP contribution is 2.22. The molecule has 0 saturated heterocycles. The van der Waals surface area contributed by atoms with E-state index in [-0.39, 0.29) is 5.78 Å². The van der Waals surface area contributed by atoms with E-state index >= 15 is 0 Å². The van der Waals surface area contributed by atoms with E-state index in [2.05, 4.69) is 38.1 Å². The highest BCUT2D eigenvalue weighted by atomic mass is 16.1. The van der Waals surface area contributed by atoms with E-state index < -0.39 is 0 Å². The molecule has 0 spiro atoms. The Bertz CT molecular complexity index is 564. The average Bonchev–Trinajstić information content (AvgIpc) is 2.48. The molecular formula is C19H22O. The lowest BCUT2D eigenvalue weighted by atomic mass is 9.96. The molecule has 1 atom stereocenters. The summed E-state index contributed by atoms with van der Waals surface area (Å²) in [5, 5.41) is 0. The number of carbonyl (C=O) groups is 1. The fraction of sp³-hybridized carbons (Fsp3) is 0.316. The van der Waals surface area contributed by atoms with Crippen LogP contribution in [0, 0.1) is 5.92 Å². The van der Waals surface area contributed by atoms with Crippen LogP contribution >= 0.6 is 0 Å². The van der Waals surface area contributed by atoms with Crippen LogP contribution in [0.3, 0.4) is 0 Å². The van der Waals surface area contributed by atoms with E-state index in [1.165, 1.54) is 17.5 Å². The van der Waals surface area contributed by atoms with Crippen molar-refractivity contribution in [2.75, 3.05) is 0 Å². The van der Waals surface area contributed by atoms with Gasteiger partial charge in [0.15, 0.2) is 5.78 Å². The Kier molecular flexibility index (Phi) is 4.73. The van der Waals surface area contributed by atoms with Crippen LogP contribution in [0.25, 0.3) is 11.1 Å². The maximum absolute atomic E-state index is 11.3. The topological polar surface area (TPSA) is 17.1 Å². The standard InChI is InChI=1S/C19H22O/c1-4-14(2)13-16-5-7-18(8-6-16)19-11-9-17(10-12-19)15(3)20/h5-12,14H,4,13H2,1-3H3/t14-/m1/s1. The SMILES string of the molecule is CC[C@@H](C)Cc1ccc(-c2ccc(C(C)=O)cc2)cc1. The van der Waals surface area contributed by atoms with Gasteiger partial charge in [0.05, 0.1) is 0 Å². The van der Waals surface area contributed by atoms with Gasteiger partial charge in [-0.2, -0.15) is 0 Å². The first-order valence-corrected chi connectivity index (χ1v) is 7.30. The predicted octanol–water partition coefficient (Wildman–Crippen LogP) is 5.14. The van der Waals surface area contributed by atoms with Crippen LogP contribution in [0.5, 0.6) is 0 Å². The Morgan fingerprint density at radius 1 is 0.950 bits per heavy atom. The molecule has 104 valence electrons. The number of hydrogen-bond donors (Lipinski definition) is 0. The minimum atomic E-state index is 0.112. The fourth-order valence-electron chi connectivity index (χ4n) is 2.28. The summed E-state index contributed by atoms with van der Waals surface area (Å²) in [7, 11) is 0. The number of Topliss-reactive ketones (excluding diaryl/α,β-unsaturated/α-hetero) is 1. The van der Waals surface area contributed by atoms with Crippen LogP contribution in [0.1, 0.15) is 43.1 Å². The zero-order valence-electron chi connectivity index (χ0n) is 12.5. The highest BCUT2D eigenvalue weighted by Gasteiger charge is 2.03. The van der Waals surface area contributed by atoms with E-state index in [1.807, 2.05) is 24.3 Å². The highest BCUT2D eigenvalue weighted by molar-refractivity contribution is 5.94. The summed E-state index contributed by atoms with van der Waals surface area (Å²) in [6, 6.07) is 16.6. The molecule has 0 amide bonds. The van der Waals surface area contributed by atoms with Crippen molar-refractivity contribution in [1.82, 2.24) is 0 Å². The molecule has 20 heavy (non-hydrogen) atoms. The van der Waals surface area contributed by atoms with Gasteiger partial charge in [-0.15, -0.1) is 0 Å². The van der Waals surface area contributed by atoms with Crippen molar-refractivity contribution in [1.29, 1.82) is 0 Å². The molecular weight excluding hydrogens is 244 g/mol. The molecule has 0 N–H and O–H groups in total. The third-order valence-corrected chi connectivity index (χ3v) is 3.86. The number of rotatable bonds is 5. The fourth-order valence-corrected chi connectivity index (χ4v) is 2.28. The molecule has 1 heteroatoms. The van der Waals surface area contributed by atoms with Crippen LogP contribution in [-0.2, 0) is 6.42 Å². The molecule has 0 heterocycles. The first-order chi connectivity index (χ1) is 9.60. The van der Waals surface area contributed by atoms with Gasteiger partial charge in [-0.3, -0.25) is 4.79 Å². The molecule has 0 aliphatic carbocycles. The Labute approximate surface area is 121 Å². The molecule has 0 unspecified atom stereocenters. The zero-order chi connectivity index (χ0) is 14.5. The molecule has 0 aliphatic heterocycles. The molecule has 2 aromatic carbocycles. The van der Waals surface area contributed by atoms with E-state index in [0.29, 0.717) is 0 Å². The number of carbonyl (C=O) groups excluding carboxylic acids is 1. The van der Waals surface area contributed by atoms with Gasteiger partial charge in [-0.25, -0.2) is 0 Å². The molecule has 0 bridgehead atoms. The van der Waals surface area contributed by atoms with Gasteiger partial charge in [-0.05, 0) is 36.0 Å². The van der Waals surface area contributed by atoms with Crippen LogP contribution in [0.15, 0.2) is 48.5 Å². The second kappa shape index (κ2) is 6.51. The molecule has 1 nitrogen and oxygen atoms in total. The second-order valence-corrected chi connectivity index (χ2v) is 5.55. The summed E-state index contributed by atoms with van der Waals surface area (Å²) in [6.45, 7) is 6.11. The lowest BCUT2D eigenvalue weighted by Crippen LogP contribution is -1.97. The predicted molar refractivity (Wildman–Crippen MR) is 85.0 cm³/mol. The Morgan fingerprint density at radius 3 is 1.90 bits per heavy atom. The number of hydrogen-bond acceptors (Lipinski definition) is 1. The minimum absolute atomic E-state index is 0.112. The van der Waals surface area contributed by atoms with Gasteiger partial charge >= 0.3 is 0 Å². The van der Waals surface area contributed by atoms with Crippen molar-refractivity contribution in [3.8, 4) is 11.1 Å². The summed E-state index contributed by atoms with van der Waals surface area (Å²) in [6.07, 6.45) is 2.36. The maximum atomic E-state index is 11.3. The molecule has 0 aromatic heterocycles. The molecule has 0 fully saturated rings. The third-order valence-electron chi connectivity index (χ3n) is 3.86. The monoisotopic (exact) mass is 266 g/mol. The molecule has 0 saturated carbocycles.